The minimum atomic E-state index is -0.603. The van der Waals surface area contributed by atoms with Gasteiger partial charge in [0, 0.05) is 44.1 Å². The molecule has 1 saturated carbocycles. The van der Waals surface area contributed by atoms with Crippen LogP contribution in [0.5, 0.6) is 0 Å². The van der Waals surface area contributed by atoms with E-state index in [4.69, 9.17) is 0 Å². The maximum atomic E-state index is 14.2. The summed E-state index contributed by atoms with van der Waals surface area (Å²) in [6, 6.07) is 12.0. The highest BCUT2D eigenvalue weighted by atomic mass is 16.2. The van der Waals surface area contributed by atoms with Crippen LogP contribution in [0.15, 0.2) is 36.4 Å². The summed E-state index contributed by atoms with van der Waals surface area (Å²) >= 11 is 0. The number of carbonyl (C=O) groups is 4. The first-order valence-corrected chi connectivity index (χ1v) is 20.4. The van der Waals surface area contributed by atoms with Gasteiger partial charge in [0.05, 0.1) is 18.1 Å². The Labute approximate surface area is 315 Å². The zero-order valence-corrected chi connectivity index (χ0v) is 31.7. The molecule has 11 nitrogen and oxygen atoms in total. The van der Waals surface area contributed by atoms with Crippen LogP contribution < -0.4 is 31.1 Å². The Hall–Kier alpha value is -4.12. The largest absolute Gasteiger partial charge is 0.368 e. The van der Waals surface area contributed by atoms with Crippen molar-refractivity contribution in [3.8, 4) is 0 Å². The van der Waals surface area contributed by atoms with Crippen LogP contribution in [0.25, 0.3) is 0 Å². The first-order chi connectivity index (χ1) is 25.8. The summed E-state index contributed by atoms with van der Waals surface area (Å²) in [6.07, 6.45) is 13.4. The van der Waals surface area contributed by atoms with Gasteiger partial charge in [-0.1, -0.05) is 31.4 Å². The number of hydrogen-bond acceptors (Lipinski definition) is 7. The second kappa shape index (κ2) is 16.9. The maximum Gasteiger partial charge on any atom is 0.246 e. The van der Waals surface area contributed by atoms with Crippen LogP contribution in [0.3, 0.4) is 0 Å². The predicted octanol–water partition coefficient (Wildman–Crippen LogP) is 4.29. The van der Waals surface area contributed by atoms with E-state index in [0.717, 1.165) is 110 Å². The fourth-order valence-electron chi connectivity index (χ4n) is 9.60. The number of likely N-dealkylation sites (tertiary alicyclic amines) is 1. The fourth-order valence-corrected chi connectivity index (χ4v) is 9.60. The standard InChI is InChI=1S/C42H59N7O4/c1-28(43-2)40(51)46-39(31-9-4-3-5-10-31)42(53)49-20-8-15-38(49)41(52)45-37-14-7-12-30-17-19-33(26-35(30)37)48-23-21-47(22-24-48)32-18-16-29-11-6-13-36(44-27-50)34(29)25-32/h16-19,25-28,31,36-39,43H,3-15,20-24H2,1-2H3,(H,44,50)(H,45,52)(H,46,51)/t28-,36+,37+,38-,39-/m0/s1. The lowest BCUT2D eigenvalue weighted by atomic mass is 9.83. The lowest BCUT2D eigenvalue weighted by Crippen LogP contribution is -2.58. The third-order valence-electron chi connectivity index (χ3n) is 12.8. The third kappa shape index (κ3) is 8.20. The second-order valence-corrected chi connectivity index (χ2v) is 16.0. The van der Waals surface area contributed by atoms with Crippen molar-refractivity contribution in [1.29, 1.82) is 0 Å². The van der Waals surface area contributed by atoms with Crippen molar-refractivity contribution in [2.24, 2.45) is 5.92 Å². The molecule has 7 rings (SSSR count). The van der Waals surface area contributed by atoms with Gasteiger partial charge in [-0.2, -0.15) is 0 Å². The Balaban J connectivity index is 1.01. The number of hydrogen-bond donors (Lipinski definition) is 4. The Morgan fingerprint density at radius 2 is 1.34 bits per heavy atom. The first-order valence-electron chi connectivity index (χ1n) is 20.4. The summed E-state index contributed by atoms with van der Waals surface area (Å²) in [4.78, 5) is 59.2. The molecule has 2 aliphatic heterocycles. The number of rotatable bonds is 11. The fraction of sp³-hybridized carbons (Fsp3) is 0.619. The molecule has 11 heteroatoms. The van der Waals surface area contributed by atoms with E-state index < -0.39 is 18.1 Å². The molecular formula is C42H59N7O4. The van der Waals surface area contributed by atoms with Crippen molar-refractivity contribution in [2.75, 3.05) is 49.6 Å². The lowest BCUT2D eigenvalue weighted by molar-refractivity contribution is -0.143. The lowest BCUT2D eigenvalue weighted by Gasteiger charge is -2.39. The Kier molecular flexibility index (Phi) is 11.9. The van der Waals surface area contributed by atoms with E-state index in [-0.39, 0.29) is 35.7 Å². The number of nitrogens with one attached hydrogen (secondary N) is 4. The van der Waals surface area contributed by atoms with Gasteiger partial charge in [0.2, 0.25) is 24.1 Å². The van der Waals surface area contributed by atoms with Crippen LogP contribution in [0, 0.1) is 5.92 Å². The van der Waals surface area contributed by atoms with Crippen molar-refractivity contribution in [1.82, 2.24) is 26.2 Å². The van der Waals surface area contributed by atoms with Gasteiger partial charge in [-0.25, -0.2) is 0 Å². The van der Waals surface area contributed by atoms with E-state index in [1.54, 1.807) is 18.9 Å². The van der Waals surface area contributed by atoms with Crippen molar-refractivity contribution in [2.45, 2.75) is 121 Å². The summed E-state index contributed by atoms with van der Waals surface area (Å²) in [5.74, 6) is -0.270. The van der Waals surface area contributed by atoms with E-state index >= 15 is 0 Å². The molecule has 4 N–H and O–H groups in total. The number of aryl methyl sites for hydroxylation is 2. The zero-order valence-electron chi connectivity index (χ0n) is 31.7. The van der Waals surface area contributed by atoms with Gasteiger partial charge < -0.3 is 36.0 Å². The quantitative estimate of drug-likeness (QED) is 0.255. The SMILES string of the molecule is CN[C@@H](C)C(=O)N[C@H](C(=O)N1CCC[C@H]1C(=O)N[C@@H]1CCCc2ccc(N3CCN(c4ccc5c(c4)[C@H](NC=O)CCC5)CC3)cc21)C1CCCCC1. The molecule has 2 aromatic carbocycles. The number of fused-ring (bicyclic) bond motifs is 2. The first kappa shape index (κ1) is 37.2. The van der Waals surface area contributed by atoms with Gasteiger partial charge in [-0.05, 0) is 131 Å². The monoisotopic (exact) mass is 725 g/mol. The number of carbonyl (C=O) groups excluding carboxylic acids is 4. The van der Waals surface area contributed by atoms with Crippen LogP contribution in [0.2, 0.25) is 0 Å². The number of piperazine rings is 1. The molecule has 2 saturated heterocycles. The minimum Gasteiger partial charge on any atom is -0.368 e. The van der Waals surface area contributed by atoms with Gasteiger partial charge >= 0.3 is 0 Å². The van der Waals surface area contributed by atoms with E-state index in [1.165, 1.54) is 33.6 Å². The third-order valence-corrected chi connectivity index (χ3v) is 12.8. The molecule has 2 heterocycles. The zero-order chi connectivity index (χ0) is 36.9. The predicted molar refractivity (Wildman–Crippen MR) is 208 cm³/mol. The van der Waals surface area contributed by atoms with E-state index in [0.29, 0.717) is 13.0 Å². The van der Waals surface area contributed by atoms with Crippen molar-refractivity contribution >= 4 is 35.5 Å². The molecule has 2 aromatic rings. The van der Waals surface area contributed by atoms with Gasteiger partial charge in [0.1, 0.15) is 12.1 Å². The normalized spacial score (nSPS) is 24.4. The smallest absolute Gasteiger partial charge is 0.246 e. The molecule has 0 radical (unpaired) electrons. The van der Waals surface area contributed by atoms with Gasteiger partial charge in [-0.15, -0.1) is 0 Å². The molecule has 0 bridgehead atoms. The number of anilines is 2. The van der Waals surface area contributed by atoms with Crippen LogP contribution >= 0.6 is 0 Å². The second-order valence-electron chi connectivity index (χ2n) is 16.0. The number of nitrogens with zero attached hydrogens (tertiary/aromatic N) is 3. The molecule has 3 fully saturated rings. The number of amides is 4. The maximum absolute atomic E-state index is 14.2. The van der Waals surface area contributed by atoms with E-state index in [2.05, 4.69) is 67.5 Å². The van der Waals surface area contributed by atoms with Crippen LogP contribution in [0.1, 0.15) is 112 Å². The Bertz CT molecular complexity index is 1640. The summed E-state index contributed by atoms with van der Waals surface area (Å²) in [6.45, 7) is 5.95. The summed E-state index contributed by atoms with van der Waals surface area (Å²) < 4.78 is 0. The molecule has 0 unspecified atom stereocenters. The number of benzene rings is 2. The van der Waals surface area contributed by atoms with Crippen molar-refractivity contribution in [3.05, 3.63) is 58.7 Å². The molecule has 5 aliphatic rings. The van der Waals surface area contributed by atoms with Crippen molar-refractivity contribution in [3.63, 3.8) is 0 Å². The highest BCUT2D eigenvalue weighted by Gasteiger charge is 2.41. The molecule has 286 valence electrons. The van der Waals surface area contributed by atoms with E-state index in [9.17, 15) is 19.2 Å². The van der Waals surface area contributed by atoms with Gasteiger partial charge in [0.15, 0.2) is 0 Å². The summed E-state index contributed by atoms with van der Waals surface area (Å²) in [7, 11) is 1.75. The molecular weight excluding hydrogens is 667 g/mol. The highest BCUT2D eigenvalue weighted by molar-refractivity contribution is 5.93. The average Bonchev–Trinajstić information content (AvgIpc) is 3.70. The molecule has 3 aliphatic carbocycles. The average molecular weight is 726 g/mol. The molecule has 5 atom stereocenters. The van der Waals surface area contributed by atoms with Crippen molar-refractivity contribution < 1.29 is 19.2 Å². The summed E-state index contributed by atoms with van der Waals surface area (Å²) in [5.41, 5.74) is 7.48. The Morgan fingerprint density at radius 1 is 0.736 bits per heavy atom. The van der Waals surface area contributed by atoms with Crippen LogP contribution in [-0.4, -0.2) is 86.9 Å². The molecule has 0 aromatic heterocycles. The molecule has 53 heavy (non-hydrogen) atoms. The number of likely N-dealkylation sites (N-methyl/N-ethyl adjacent to an activating group) is 1. The molecule has 4 amide bonds. The van der Waals surface area contributed by atoms with Gasteiger partial charge in [0.25, 0.3) is 0 Å². The Morgan fingerprint density at radius 3 is 1.94 bits per heavy atom. The van der Waals surface area contributed by atoms with Crippen LogP contribution in [-0.2, 0) is 32.0 Å². The van der Waals surface area contributed by atoms with E-state index in [1.807, 2.05) is 0 Å². The topological polar surface area (TPSA) is 126 Å². The van der Waals surface area contributed by atoms with Crippen LogP contribution in [0.4, 0.5) is 11.4 Å². The van der Waals surface area contributed by atoms with Gasteiger partial charge in [-0.3, -0.25) is 19.2 Å². The summed E-state index contributed by atoms with van der Waals surface area (Å²) in [5, 5.41) is 12.5. The minimum absolute atomic E-state index is 0.0827. The molecule has 0 spiro atoms. The highest BCUT2D eigenvalue weighted by Crippen LogP contribution is 2.36.